The Morgan fingerprint density at radius 2 is 1.69 bits per heavy atom. The third kappa shape index (κ3) is 12.5. The molecule has 1 aliphatic heterocycles. The number of aromatic nitrogens is 4. The molecule has 0 radical (unpaired) electrons. The van der Waals surface area contributed by atoms with Gasteiger partial charge in [0.2, 0.25) is 17.7 Å². The summed E-state index contributed by atoms with van der Waals surface area (Å²) in [5.74, 6) is -2.18. The minimum atomic E-state index is -5.57. The second-order valence-electron chi connectivity index (χ2n) is 11.7. The van der Waals surface area contributed by atoms with Crippen molar-refractivity contribution >= 4 is 58.2 Å². The summed E-state index contributed by atoms with van der Waals surface area (Å²) in [5, 5.41) is 34.5. The highest BCUT2D eigenvalue weighted by molar-refractivity contribution is 7.61. The lowest BCUT2D eigenvalue weighted by atomic mass is 9.87. The molecule has 0 bridgehead atoms. The number of amides is 3. The summed E-state index contributed by atoms with van der Waals surface area (Å²) in [6.45, 7) is 0.299. The molecule has 26 nitrogen and oxygen atoms in total. The van der Waals surface area contributed by atoms with Crippen LogP contribution in [0.15, 0.2) is 12.7 Å². The molecule has 29 heteroatoms. The van der Waals surface area contributed by atoms with E-state index in [9.17, 15) is 57.9 Å². The van der Waals surface area contributed by atoms with Crippen LogP contribution in [0.4, 0.5) is 5.82 Å². The van der Waals surface area contributed by atoms with Crippen molar-refractivity contribution in [2.45, 2.75) is 63.8 Å². The van der Waals surface area contributed by atoms with E-state index in [0.717, 1.165) is 17.2 Å². The fraction of sp³-hybridized carbons (Fsp3) is 0.652. The summed E-state index contributed by atoms with van der Waals surface area (Å²) >= 11 is 0. The number of fused-ring (bicyclic) bond motifs is 1. The van der Waals surface area contributed by atoms with Crippen LogP contribution in [-0.2, 0) is 50.7 Å². The van der Waals surface area contributed by atoms with Crippen molar-refractivity contribution in [3.63, 3.8) is 0 Å². The normalized spacial score (nSPS) is 22.3. The van der Waals surface area contributed by atoms with Gasteiger partial charge in [-0.1, -0.05) is 13.8 Å². The minimum Gasteiger partial charge on any atom is -0.386 e. The lowest BCUT2D eigenvalue weighted by molar-refractivity contribution is -0.137. The highest BCUT2D eigenvalue weighted by atomic mass is 31.3. The fourth-order valence-electron chi connectivity index (χ4n) is 4.47. The maximum absolute atomic E-state index is 12.6. The summed E-state index contributed by atoms with van der Waals surface area (Å²) in [4.78, 5) is 86.0. The fourth-order valence-corrected chi connectivity index (χ4v) is 7.30. The second kappa shape index (κ2) is 17.9. The molecule has 2 aromatic heterocycles. The van der Waals surface area contributed by atoms with Crippen molar-refractivity contribution in [3.05, 3.63) is 12.7 Å². The first kappa shape index (κ1) is 43.4. The number of nitrogens with one attached hydrogen (secondary N) is 3. The van der Waals surface area contributed by atoms with Crippen molar-refractivity contribution in [1.29, 1.82) is 0 Å². The zero-order valence-electron chi connectivity index (χ0n) is 27.3. The topological polar surface area (TPSA) is 396 Å². The van der Waals surface area contributed by atoms with Crippen LogP contribution in [0, 0.1) is 5.41 Å². The number of nitrogens with two attached hydrogens (primary N) is 1. The lowest BCUT2D eigenvalue weighted by Gasteiger charge is -2.30. The number of hydroxylamine groups is 1. The minimum absolute atomic E-state index is 0.0244. The Hall–Kier alpha value is -3.03. The van der Waals surface area contributed by atoms with Crippen LogP contribution in [0.5, 0.6) is 0 Å². The van der Waals surface area contributed by atoms with Gasteiger partial charge in [0.25, 0.3) is 0 Å². The summed E-state index contributed by atoms with van der Waals surface area (Å²) in [6, 6.07) is 0. The van der Waals surface area contributed by atoms with Gasteiger partial charge in [-0.3, -0.25) is 37.7 Å². The van der Waals surface area contributed by atoms with Crippen molar-refractivity contribution < 1.29 is 85.7 Å². The molecular formula is C23H39N8O18P3. The van der Waals surface area contributed by atoms with Gasteiger partial charge in [-0.05, 0) is 6.42 Å². The molecule has 2 aromatic rings. The number of anilines is 1. The Morgan fingerprint density at radius 1 is 1.02 bits per heavy atom. The first-order valence-corrected chi connectivity index (χ1v) is 19.4. The van der Waals surface area contributed by atoms with Gasteiger partial charge in [-0.2, -0.15) is 4.31 Å². The SMILES string of the molecule is CC(C)(COP(=O)(O)OP(=O)(O)OCC1OC(n2cnc3c(N)ncnc32)C(O)C1OP(=O)(O)O)C(O)C(=O)NCCC(=O)NCCCC(=O)NO. The smallest absolute Gasteiger partial charge is 0.386 e. The standard InChI is InChI=1S/C23H39N8O18P3/c1-23(2,18(35)21(36)26-7-5-13(32)25-6-3-4-14(33)30-37)9-46-52(43,44)49-51(41,42)45-8-12-17(48-50(38,39)40)16(34)22(47-12)31-11-29-15-19(24)27-10-28-20(15)31/h10-12,16-18,22,34-35,37H,3-9H2,1-2H3,(H,25,32)(H,26,36)(H,30,33)(H,41,42)(H,43,44)(H2,24,27,28)(H2,38,39,40). The predicted molar refractivity (Wildman–Crippen MR) is 169 cm³/mol. The van der Waals surface area contributed by atoms with E-state index < -0.39 is 90.5 Å². The average molecular weight is 809 g/mol. The quantitative estimate of drug-likeness (QED) is 0.0290. The molecule has 0 aliphatic carbocycles. The number of phosphoric acid groups is 3. The van der Waals surface area contributed by atoms with E-state index in [1.165, 1.54) is 19.3 Å². The molecule has 0 aromatic carbocycles. The molecule has 7 unspecified atom stereocenters. The van der Waals surface area contributed by atoms with Crippen LogP contribution in [-0.4, -0.2) is 123 Å². The molecular weight excluding hydrogens is 769 g/mol. The number of carbonyl (C=O) groups is 3. The van der Waals surface area contributed by atoms with Crippen LogP contribution in [0.25, 0.3) is 11.2 Å². The number of aliphatic hydroxyl groups excluding tert-OH is 2. The first-order chi connectivity index (χ1) is 24.1. The molecule has 0 saturated carbocycles. The van der Waals surface area contributed by atoms with E-state index in [-0.39, 0.29) is 49.3 Å². The van der Waals surface area contributed by atoms with E-state index in [2.05, 4.69) is 34.4 Å². The number of hydrogen-bond donors (Lipinski definition) is 11. The molecule has 3 rings (SSSR count). The van der Waals surface area contributed by atoms with Gasteiger partial charge < -0.3 is 50.9 Å². The Morgan fingerprint density at radius 3 is 2.35 bits per heavy atom. The van der Waals surface area contributed by atoms with Gasteiger partial charge in [-0.15, -0.1) is 0 Å². The Bertz CT molecular complexity index is 1720. The van der Waals surface area contributed by atoms with E-state index in [0.29, 0.717) is 0 Å². The van der Waals surface area contributed by atoms with Crippen molar-refractivity contribution in [3.8, 4) is 0 Å². The molecule has 52 heavy (non-hydrogen) atoms. The van der Waals surface area contributed by atoms with Gasteiger partial charge in [0.05, 0.1) is 19.5 Å². The number of aliphatic hydroxyl groups is 2. The van der Waals surface area contributed by atoms with Gasteiger partial charge in [0.1, 0.15) is 36.3 Å². The Balaban J connectivity index is 1.54. The highest BCUT2D eigenvalue weighted by Crippen LogP contribution is 2.61. The van der Waals surface area contributed by atoms with E-state index >= 15 is 0 Å². The number of ether oxygens (including phenoxy) is 1. The highest BCUT2D eigenvalue weighted by Gasteiger charge is 2.50. The van der Waals surface area contributed by atoms with Crippen LogP contribution in [0.2, 0.25) is 0 Å². The number of nitrogen functional groups attached to an aromatic ring is 1. The second-order valence-corrected chi connectivity index (χ2v) is 15.9. The van der Waals surface area contributed by atoms with Gasteiger partial charge >= 0.3 is 23.5 Å². The Labute approximate surface area is 293 Å². The third-order valence-corrected chi connectivity index (χ3v) is 10.2. The number of imidazole rings is 1. The molecule has 12 N–H and O–H groups in total. The van der Waals surface area contributed by atoms with Crippen molar-refractivity contribution in [2.24, 2.45) is 5.41 Å². The number of hydrogen-bond acceptors (Lipinski definition) is 18. The van der Waals surface area contributed by atoms with Gasteiger partial charge in [-0.25, -0.2) is 34.1 Å². The van der Waals surface area contributed by atoms with Crippen molar-refractivity contribution in [2.75, 3.05) is 32.0 Å². The molecule has 0 spiro atoms. The molecule has 1 saturated heterocycles. The molecule has 7 atom stereocenters. The van der Waals surface area contributed by atoms with Crippen LogP contribution in [0.1, 0.15) is 39.3 Å². The summed E-state index contributed by atoms with van der Waals surface area (Å²) in [6.07, 6.45) is -6.81. The molecule has 1 aliphatic rings. The average Bonchev–Trinajstić information content (AvgIpc) is 3.60. The summed E-state index contributed by atoms with van der Waals surface area (Å²) < 4.78 is 61.8. The first-order valence-electron chi connectivity index (χ1n) is 14.9. The van der Waals surface area contributed by atoms with E-state index in [4.69, 9.17) is 24.7 Å². The van der Waals surface area contributed by atoms with Crippen LogP contribution < -0.4 is 21.8 Å². The molecule has 294 valence electrons. The molecule has 1 fully saturated rings. The number of nitrogens with zero attached hydrogens (tertiary/aromatic N) is 4. The maximum Gasteiger partial charge on any atom is 0.481 e. The zero-order chi connectivity index (χ0) is 39.1. The summed E-state index contributed by atoms with van der Waals surface area (Å²) in [5.41, 5.74) is 5.66. The number of phosphoric ester groups is 3. The predicted octanol–water partition coefficient (Wildman–Crippen LogP) is -2.31. The van der Waals surface area contributed by atoms with Crippen LogP contribution in [0.3, 0.4) is 0 Å². The molecule has 3 amide bonds. The molecule has 3 heterocycles. The van der Waals surface area contributed by atoms with Crippen LogP contribution >= 0.6 is 23.5 Å². The van der Waals surface area contributed by atoms with Gasteiger partial charge in [0.15, 0.2) is 17.7 Å². The Kier molecular flexibility index (Phi) is 14.9. The lowest BCUT2D eigenvalue weighted by Crippen LogP contribution is -2.46. The summed E-state index contributed by atoms with van der Waals surface area (Å²) in [7, 11) is -16.4. The zero-order valence-corrected chi connectivity index (χ0v) is 30.0. The maximum atomic E-state index is 12.6. The van der Waals surface area contributed by atoms with Crippen molar-refractivity contribution in [1.82, 2.24) is 35.6 Å². The largest absolute Gasteiger partial charge is 0.481 e. The van der Waals surface area contributed by atoms with E-state index in [1.807, 2.05) is 0 Å². The third-order valence-electron chi connectivity index (χ3n) is 7.11. The monoisotopic (exact) mass is 808 g/mol. The number of rotatable bonds is 20. The van der Waals surface area contributed by atoms with Gasteiger partial charge in [0, 0.05) is 31.3 Å². The number of carbonyl (C=O) groups excluding carboxylic acids is 3. The van der Waals surface area contributed by atoms with E-state index in [1.54, 1.807) is 0 Å².